The molecule has 0 aliphatic carbocycles. The minimum absolute atomic E-state index is 0.0404. The van der Waals surface area contributed by atoms with Crippen LogP contribution in [0.15, 0.2) is 24.3 Å². The van der Waals surface area contributed by atoms with Gasteiger partial charge in [0, 0.05) is 0 Å². The molecule has 1 aromatic rings. The van der Waals surface area contributed by atoms with Crippen molar-refractivity contribution in [1.29, 1.82) is 0 Å². The molecule has 0 heterocycles. The molecule has 1 N–H and O–H groups in total. The lowest BCUT2D eigenvalue weighted by Gasteiger charge is -2.21. The van der Waals surface area contributed by atoms with Gasteiger partial charge in [-0.1, -0.05) is 18.2 Å². The number of rotatable bonds is 5. The van der Waals surface area contributed by atoms with Gasteiger partial charge in [-0.25, -0.2) is 4.39 Å². The maximum Gasteiger partial charge on any atom is 0.307 e. The van der Waals surface area contributed by atoms with E-state index in [4.69, 9.17) is 9.84 Å². The molecule has 0 spiro atoms. The molecular formula is C15H19FO4. The zero-order valence-corrected chi connectivity index (χ0v) is 11.9. The molecule has 4 nitrogen and oxygen atoms in total. The summed E-state index contributed by atoms with van der Waals surface area (Å²) < 4.78 is 18.6. The van der Waals surface area contributed by atoms with Crippen molar-refractivity contribution >= 4 is 11.9 Å². The lowest BCUT2D eigenvalue weighted by molar-refractivity contribution is -0.159. The lowest BCUT2D eigenvalue weighted by Crippen LogP contribution is -2.28. The Morgan fingerprint density at radius 3 is 2.40 bits per heavy atom. The van der Waals surface area contributed by atoms with Crippen molar-refractivity contribution in [3.63, 3.8) is 0 Å². The van der Waals surface area contributed by atoms with Crippen molar-refractivity contribution in [2.75, 3.05) is 0 Å². The highest BCUT2D eigenvalue weighted by Gasteiger charge is 2.26. The fourth-order valence-corrected chi connectivity index (χ4v) is 1.76. The van der Waals surface area contributed by atoms with Gasteiger partial charge in [-0.2, -0.15) is 0 Å². The van der Waals surface area contributed by atoms with Crippen molar-refractivity contribution < 1.29 is 23.8 Å². The van der Waals surface area contributed by atoms with E-state index in [0.717, 1.165) is 0 Å². The summed E-state index contributed by atoms with van der Waals surface area (Å²) in [6, 6.07) is 5.94. The standard InChI is InChI=1S/C15H19FO4/c1-15(2,3)20-13(17)9-11(14(18)19)8-10-6-4-5-7-12(10)16/h4-7,11H,8-9H2,1-3H3,(H,18,19)/t11-/m1/s1. The summed E-state index contributed by atoms with van der Waals surface area (Å²) in [7, 11) is 0. The Bertz CT molecular complexity index is 491. The van der Waals surface area contributed by atoms with E-state index in [1.54, 1.807) is 26.8 Å². The highest BCUT2D eigenvalue weighted by atomic mass is 19.1. The van der Waals surface area contributed by atoms with Crippen LogP contribution in [0.4, 0.5) is 4.39 Å². The number of hydrogen-bond donors (Lipinski definition) is 1. The van der Waals surface area contributed by atoms with Crippen LogP contribution in [-0.2, 0) is 20.7 Å². The molecule has 0 bridgehead atoms. The van der Waals surface area contributed by atoms with Gasteiger partial charge in [-0.15, -0.1) is 0 Å². The molecule has 0 aliphatic heterocycles. The van der Waals surface area contributed by atoms with Crippen molar-refractivity contribution in [1.82, 2.24) is 0 Å². The van der Waals surface area contributed by atoms with Crippen LogP contribution in [-0.4, -0.2) is 22.6 Å². The SMILES string of the molecule is CC(C)(C)OC(=O)C[C@@H](Cc1ccccc1F)C(=O)O. The minimum atomic E-state index is -1.14. The summed E-state index contributed by atoms with van der Waals surface area (Å²) in [6.07, 6.45) is -0.317. The van der Waals surface area contributed by atoms with Crippen molar-refractivity contribution in [2.45, 2.75) is 39.2 Å². The first-order valence-corrected chi connectivity index (χ1v) is 6.37. The number of hydrogen-bond acceptors (Lipinski definition) is 3. The Balaban J connectivity index is 2.74. The van der Waals surface area contributed by atoms with Crippen molar-refractivity contribution in [3.8, 4) is 0 Å². The second-order valence-corrected chi connectivity index (χ2v) is 5.62. The molecule has 20 heavy (non-hydrogen) atoms. The number of aliphatic carboxylic acids is 1. The van der Waals surface area contributed by atoms with E-state index < -0.39 is 29.3 Å². The zero-order chi connectivity index (χ0) is 15.3. The van der Waals surface area contributed by atoms with Gasteiger partial charge in [0.15, 0.2) is 0 Å². The van der Waals surface area contributed by atoms with Crippen molar-refractivity contribution in [2.24, 2.45) is 5.92 Å². The Hall–Kier alpha value is -1.91. The third-order valence-corrected chi connectivity index (χ3v) is 2.61. The highest BCUT2D eigenvalue weighted by molar-refractivity contribution is 5.79. The topological polar surface area (TPSA) is 63.6 Å². The number of benzene rings is 1. The number of esters is 1. The van der Waals surface area contributed by atoms with E-state index in [-0.39, 0.29) is 18.4 Å². The number of carboxylic acids is 1. The van der Waals surface area contributed by atoms with Crippen LogP contribution < -0.4 is 0 Å². The second kappa shape index (κ2) is 6.50. The van der Waals surface area contributed by atoms with Crippen LogP contribution in [0, 0.1) is 11.7 Å². The smallest absolute Gasteiger partial charge is 0.307 e. The van der Waals surface area contributed by atoms with Crippen LogP contribution in [0.1, 0.15) is 32.8 Å². The van der Waals surface area contributed by atoms with Gasteiger partial charge >= 0.3 is 11.9 Å². The number of carbonyl (C=O) groups excluding carboxylic acids is 1. The summed E-state index contributed by atoms with van der Waals surface area (Å²) in [5, 5.41) is 9.14. The molecule has 1 atom stereocenters. The molecule has 0 radical (unpaired) electrons. The average Bonchev–Trinajstić information content (AvgIpc) is 2.28. The summed E-state index contributed by atoms with van der Waals surface area (Å²) >= 11 is 0. The zero-order valence-electron chi connectivity index (χ0n) is 11.9. The molecule has 0 amide bonds. The maximum atomic E-state index is 13.5. The molecule has 5 heteroatoms. The van der Waals surface area contributed by atoms with Gasteiger partial charge in [-0.05, 0) is 38.8 Å². The monoisotopic (exact) mass is 282 g/mol. The van der Waals surface area contributed by atoms with Crippen LogP contribution in [0.25, 0.3) is 0 Å². The largest absolute Gasteiger partial charge is 0.481 e. The van der Waals surface area contributed by atoms with E-state index >= 15 is 0 Å². The van der Waals surface area contributed by atoms with Gasteiger partial charge in [0.05, 0.1) is 12.3 Å². The normalized spacial score (nSPS) is 12.8. The average molecular weight is 282 g/mol. The molecule has 1 rings (SSSR count). The second-order valence-electron chi connectivity index (χ2n) is 5.62. The Kier molecular flexibility index (Phi) is 5.25. The van der Waals surface area contributed by atoms with Gasteiger partial charge in [0.25, 0.3) is 0 Å². The fourth-order valence-electron chi connectivity index (χ4n) is 1.76. The quantitative estimate of drug-likeness (QED) is 0.843. The third-order valence-electron chi connectivity index (χ3n) is 2.61. The molecule has 0 saturated carbocycles. The molecular weight excluding hydrogens is 263 g/mol. The first kappa shape index (κ1) is 16.1. The van der Waals surface area contributed by atoms with Crippen molar-refractivity contribution in [3.05, 3.63) is 35.6 Å². The van der Waals surface area contributed by atoms with E-state index in [9.17, 15) is 14.0 Å². The molecule has 0 unspecified atom stereocenters. The summed E-state index contributed by atoms with van der Waals surface area (Å²) in [4.78, 5) is 22.9. The van der Waals surface area contributed by atoms with Crippen LogP contribution in [0.3, 0.4) is 0 Å². The first-order valence-electron chi connectivity index (χ1n) is 6.37. The number of carboxylic acid groups (broad SMARTS) is 1. The molecule has 1 aromatic carbocycles. The molecule has 0 aliphatic rings. The first-order chi connectivity index (χ1) is 9.19. The fraction of sp³-hybridized carbons (Fsp3) is 0.467. The van der Waals surface area contributed by atoms with E-state index in [0.29, 0.717) is 0 Å². The predicted octanol–water partition coefficient (Wildman–Crippen LogP) is 2.80. The van der Waals surface area contributed by atoms with Gasteiger partial charge < -0.3 is 9.84 Å². The van der Waals surface area contributed by atoms with Crippen LogP contribution in [0.2, 0.25) is 0 Å². The number of ether oxygens (including phenoxy) is 1. The number of carbonyl (C=O) groups is 2. The van der Waals surface area contributed by atoms with Gasteiger partial charge in [0.1, 0.15) is 11.4 Å². The van der Waals surface area contributed by atoms with Crippen LogP contribution in [0.5, 0.6) is 0 Å². The van der Waals surface area contributed by atoms with Gasteiger partial charge in [0.2, 0.25) is 0 Å². The predicted molar refractivity (Wildman–Crippen MR) is 71.7 cm³/mol. The summed E-state index contributed by atoms with van der Waals surface area (Å²) in [6.45, 7) is 5.12. The summed E-state index contributed by atoms with van der Waals surface area (Å²) in [5.41, 5.74) is -0.388. The van der Waals surface area contributed by atoms with Crippen LogP contribution >= 0.6 is 0 Å². The molecule has 0 fully saturated rings. The third kappa shape index (κ3) is 5.38. The Labute approximate surface area is 117 Å². The highest BCUT2D eigenvalue weighted by Crippen LogP contribution is 2.18. The Morgan fingerprint density at radius 1 is 1.30 bits per heavy atom. The van der Waals surface area contributed by atoms with E-state index in [1.807, 2.05) is 0 Å². The van der Waals surface area contributed by atoms with E-state index in [1.165, 1.54) is 18.2 Å². The Morgan fingerprint density at radius 2 is 1.90 bits per heavy atom. The number of halogens is 1. The van der Waals surface area contributed by atoms with Gasteiger partial charge in [-0.3, -0.25) is 9.59 Å². The van der Waals surface area contributed by atoms with E-state index in [2.05, 4.69) is 0 Å². The summed E-state index contributed by atoms with van der Waals surface area (Å²) in [5.74, 6) is -3.20. The maximum absolute atomic E-state index is 13.5. The minimum Gasteiger partial charge on any atom is -0.481 e. The molecule has 110 valence electrons. The molecule has 0 saturated heterocycles. The lowest BCUT2D eigenvalue weighted by atomic mass is 9.96. The molecule has 0 aromatic heterocycles.